The van der Waals surface area contributed by atoms with Crippen LogP contribution in [0.3, 0.4) is 0 Å². The zero-order valence-corrected chi connectivity index (χ0v) is 29.5. The lowest BCUT2D eigenvalue weighted by molar-refractivity contribution is 0.165. The van der Waals surface area contributed by atoms with Gasteiger partial charge >= 0.3 is 6.03 Å². The number of carbonyl (C=O) groups excluding carboxylic acids is 1. The summed E-state index contributed by atoms with van der Waals surface area (Å²) in [5, 5.41) is 15.4. The number of methoxy groups -OCH3 is 1. The van der Waals surface area contributed by atoms with Gasteiger partial charge in [0.2, 0.25) is 5.88 Å². The van der Waals surface area contributed by atoms with Crippen molar-refractivity contribution in [3.05, 3.63) is 81.5 Å². The maximum atomic E-state index is 17.1. The predicted octanol–water partition coefficient (Wildman–Crippen LogP) is 8.40. The van der Waals surface area contributed by atoms with Gasteiger partial charge in [-0.25, -0.2) is 19.2 Å². The zero-order chi connectivity index (χ0) is 34.8. The maximum absolute atomic E-state index is 17.1. The Balaban J connectivity index is 1.34. The molecule has 12 heteroatoms. The minimum atomic E-state index is -0.492. The monoisotopic (exact) mass is 711 g/mol. The Labute approximate surface area is 299 Å². The number of nitrogens with one attached hydrogen (secondary N) is 1. The number of aryl methyl sites for hydroxylation is 2. The molecule has 3 aromatic heterocycles. The quantitative estimate of drug-likeness (QED) is 0.174. The number of urea groups is 1. The molecule has 6 heterocycles. The molecule has 256 valence electrons. The van der Waals surface area contributed by atoms with E-state index < -0.39 is 5.82 Å². The van der Waals surface area contributed by atoms with E-state index in [2.05, 4.69) is 33.9 Å². The van der Waals surface area contributed by atoms with Crippen molar-refractivity contribution >= 4 is 56.7 Å². The molecular weight excluding hydrogens is 676 g/mol. The SMILES string of the molecule is COc1ncccc1N1CCCN([C@H](C)c2cc3c(C)nc4c(F)c(-c5cccc(Cl)c5Cl)c(CCC#N)cc4c3n2[C@H]2[C@H]3CN[C@@H]2C3)C1=O. The zero-order valence-electron chi connectivity index (χ0n) is 28.0. The van der Waals surface area contributed by atoms with Crippen molar-refractivity contribution in [1.29, 1.82) is 5.26 Å². The van der Waals surface area contributed by atoms with Crippen LogP contribution in [-0.4, -0.2) is 58.3 Å². The number of hydrogen-bond donors (Lipinski definition) is 1. The number of benzene rings is 2. The van der Waals surface area contributed by atoms with Crippen LogP contribution in [0.5, 0.6) is 5.88 Å². The highest BCUT2D eigenvalue weighted by molar-refractivity contribution is 6.43. The van der Waals surface area contributed by atoms with Crippen LogP contribution in [-0.2, 0) is 6.42 Å². The number of anilines is 1. The van der Waals surface area contributed by atoms with Gasteiger partial charge in [0.1, 0.15) is 11.2 Å². The lowest BCUT2D eigenvalue weighted by Gasteiger charge is -2.42. The molecule has 0 unspecified atom stereocenters. The van der Waals surface area contributed by atoms with Crippen molar-refractivity contribution in [2.75, 3.05) is 31.6 Å². The van der Waals surface area contributed by atoms with Gasteiger partial charge in [0.05, 0.1) is 40.8 Å². The molecule has 1 aliphatic carbocycles. The summed E-state index contributed by atoms with van der Waals surface area (Å²) in [5.74, 6) is 0.321. The molecule has 2 aromatic carbocycles. The molecule has 2 amide bonds. The van der Waals surface area contributed by atoms with Crippen molar-refractivity contribution in [3.8, 4) is 23.1 Å². The average Bonchev–Trinajstić information content (AvgIpc) is 3.86. The summed E-state index contributed by atoms with van der Waals surface area (Å²) >= 11 is 13.1. The molecule has 4 fully saturated rings. The number of amides is 2. The van der Waals surface area contributed by atoms with E-state index >= 15 is 4.39 Å². The van der Waals surface area contributed by atoms with Gasteiger partial charge in [-0.3, -0.25) is 4.90 Å². The van der Waals surface area contributed by atoms with Crippen LogP contribution >= 0.6 is 23.2 Å². The van der Waals surface area contributed by atoms with E-state index in [1.807, 2.05) is 24.0 Å². The summed E-state index contributed by atoms with van der Waals surface area (Å²) in [6.45, 7) is 6.03. The maximum Gasteiger partial charge on any atom is 0.325 e. The van der Waals surface area contributed by atoms with Crippen molar-refractivity contribution in [3.63, 3.8) is 0 Å². The number of hydrogen-bond acceptors (Lipinski definition) is 6. The largest absolute Gasteiger partial charge is 0.480 e. The van der Waals surface area contributed by atoms with Gasteiger partial charge in [0.25, 0.3) is 0 Å². The molecule has 1 N–H and O–H groups in total. The molecule has 3 aliphatic heterocycles. The average molecular weight is 713 g/mol. The first-order valence-corrected chi connectivity index (χ1v) is 17.8. The lowest BCUT2D eigenvalue weighted by atomic mass is 9.79. The Hall–Kier alpha value is -4.43. The number of rotatable bonds is 8. The van der Waals surface area contributed by atoms with Crippen LogP contribution in [0.1, 0.15) is 55.2 Å². The minimum absolute atomic E-state index is 0.117. The topological polar surface area (TPSA) is 99.3 Å². The fourth-order valence-corrected chi connectivity index (χ4v) is 8.79. The van der Waals surface area contributed by atoms with Crippen LogP contribution < -0.4 is 15.0 Å². The van der Waals surface area contributed by atoms with Crippen LogP contribution in [0.25, 0.3) is 32.9 Å². The molecule has 9 nitrogen and oxygen atoms in total. The summed E-state index contributed by atoms with van der Waals surface area (Å²) in [6, 6.07) is 15.2. The van der Waals surface area contributed by atoms with Crippen LogP contribution in [0.2, 0.25) is 10.0 Å². The van der Waals surface area contributed by atoms with E-state index in [1.165, 1.54) is 0 Å². The molecular formula is C38H36Cl2FN7O2. The molecule has 5 aromatic rings. The Bertz CT molecular complexity index is 2220. The van der Waals surface area contributed by atoms with Crippen molar-refractivity contribution in [1.82, 2.24) is 24.8 Å². The van der Waals surface area contributed by atoms with Gasteiger partial charge in [0, 0.05) is 71.6 Å². The summed E-state index contributed by atoms with van der Waals surface area (Å²) in [5.41, 5.74) is 4.90. The van der Waals surface area contributed by atoms with Gasteiger partial charge in [-0.05, 0) is 74.9 Å². The number of ether oxygens (including phenoxy) is 1. The highest BCUT2D eigenvalue weighted by Crippen LogP contribution is 2.50. The molecule has 2 bridgehead atoms. The van der Waals surface area contributed by atoms with Crippen molar-refractivity contribution in [2.45, 2.75) is 57.7 Å². The molecule has 0 spiro atoms. The third-order valence-corrected chi connectivity index (χ3v) is 11.6. The first kappa shape index (κ1) is 32.8. The Kier molecular flexibility index (Phi) is 8.33. The highest BCUT2D eigenvalue weighted by Gasteiger charge is 2.49. The minimum Gasteiger partial charge on any atom is -0.480 e. The Morgan fingerprint density at radius 1 is 1.18 bits per heavy atom. The number of nitriles is 1. The second-order valence-corrected chi connectivity index (χ2v) is 14.3. The molecule has 3 saturated heterocycles. The third kappa shape index (κ3) is 5.01. The summed E-state index contributed by atoms with van der Waals surface area (Å²) < 4.78 is 25.0. The number of pyridine rings is 2. The first-order chi connectivity index (χ1) is 24.2. The fourth-order valence-electron chi connectivity index (χ4n) is 8.40. The smallest absolute Gasteiger partial charge is 0.325 e. The van der Waals surface area contributed by atoms with E-state index in [-0.39, 0.29) is 41.1 Å². The van der Waals surface area contributed by atoms with Crippen molar-refractivity contribution < 1.29 is 13.9 Å². The van der Waals surface area contributed by atoms with Gasteiger partial charge in [-0.2, -0.15) is 5.26 Å². The number of fused-ring (bicyclic) bond motifs is 4. The summed E-state index contributed by atoms with van der Waals surface area (Å²) in [4.78, 5) is 27.1. The lowest BCUT2D eigenvalue weighted by Crippen LogP contribution is -2.51. The third-order valence-electron chi connectivity index (χ3n) is 10.8. The van der Waals surface area contributed by atoms with E-state index in [0.29, 0.717) is 69.8 Å². The van der Waals surface area contributed by atoms with E-state index in [1.54, 1.807) is 42.5 Å². The standard InChI is InChI=1S/C38H36Cl2FN7O2/c1-20-25-18-30(21(2)46-14-7-15-47(38(46)49)29-11-6-13-43-37(29)50-3)48(35-23-17-28(35)44-19-23)36(25)26-16-22(8-5-12-42)31(33(41)34(26)45-20)24-9-4-10-27(39)32(24)40/h4,6,9-11,13,16,18,21,23,28,35,44H,5,7-8,14-15,17,19H2,1-3H3/t21-,23-,28-,35+/m1/s1. The molecule has 0 radical (unpaired) electrons. The first-order valence-electron chi connectivity index (χ1n) is 17.0. The molecule has 9 rings (SSSR count). The second-order valence-electron chi connectivity index (χ2n) is 13.5. The Morgan fingerprint density at radius 2 is 2.02 bits per heavy atom. The van der Waals surface area contributed by atoms with Crippen LogP contribution in [0.15, 0.2) is 48.7 Å². The van der Waals surface area contributed by atoms with Gasteiger partial charge in [0.15, 0.2) is 5.82 Å². The number of carbonyl (C=O) groups is 1. The summed E-state index contributed by atoms with van der Waals surface area (Å²) in [6.07, 6.45) is 4.02. The number of aromatic nitrogens is 3. The van der Waals surface area contributed by atoms with E-state index in [0.717, 1.165) is 36.0 Å². The normalized spacial score (nSPS) is 20.7. The van der Waals surface area contributed by atoms with Crippen LogP contribution in [0, 0.1) is 30.0 Å². The van der Waals surface area contributed by atoms with Crippen molar-refractivity contribution in [2.24, 2.45) is 5.92 Å². The molecule has 4 aliphatic rings. The van der Waals surface area contributed by atoms with E-state index in [9.17, 15) is 10.1 Å². The van der Waals surface area contributed by atoms with Gasteiger partial charge < -0.3 is 19.5 Å². The highest BCUT2D eigenvalue weighted by atomic mass is 35.5. The second kappa shape index (κ2) is 12.7. The number of nitrogens with zero attached hydrogens (tertiary/aromatic N) is 6. The van der Waals surface area contributed by atoms with Gasteiger partial charge in [-0.15, -0.1) is 0 Å². The molecule has 4 atom stereocenters. The fraction of sp³-hybridized carbons (Fsp3) is 0.368. The predicted molar refractivity (Wildman–Crippen MR) is 194 cm³/mol. The van der Waals surface area contributed by atoms with Gasteiger partial charge in [-0.1, -0.05) is 35.3 Å². The van der Waals surface area contributed by atoms with Crippen LogP contribution in [0.4, 0.5) is 14.9 Å². The molecule has 1 saturated carbocycles. The number of halogens is 3. The summed E-state index contributed by atoms with van der Waals surface area (Å²) in [7, 11) is 1.56. The van der Waals surface area contributed by atoms with E-state index in [4.69, 9.17) is 32.9 Å². The molecule has 50 heavy (non-hydrogen) atoms. The Morgan fingerprint density at radius 3 is 2.76 bits per heavy atom.